The van der Waals surface area contributed by atoms with E-state index in [2.05, 4.69) is 26.0 Å². The van der Waals surface area contributed by atoms with Crippen molar-refractivity contribution in [2.24, 2.45) is 10.5 Å². The highest BCUT2D eigenvalue weighted by Crippen LogP contribution is 2.53. The van der Waals surface area contributed by atoms with Gasteiger partial charge in [-0.3, -0.25) is 9.36 Å². The van der Waals surface area contributed by atoms with Gasteiger partial charge in [-0.2, -0.15) is 4.76 Å². The zero-order chi connectivity index (χ0) is 27.1. The smallest absolute Gasteiger partial charge is 0.348 e. The summed E-state index contributed by atoms with van der Waals surface area (Å²) in [6, 6.07) is 12.2. The predicted molar refractivity (Wildman–Crippen MR) is 145 cm³/mol. The Morgan fingerprint density at radius 2 is 1.95 bits per heavy atom. The van der Waals surface area contributed by atoms with E-state index < -0.39 is 18.8 Å². The summed E-state index contributed by atoms with van der Waals surface area (Å²) in [6.07, 6.45) is 0. The fourth-order valence-electron chi connectivity index (χ4n) is 4.23. The number of aromatic hydroxyl groups is 2. The minimum Gasteiger partial charge on any atom is -0.505 e. The average molecular weight is 591 g/mol. The number of halogens is 1. The highest BCUT2D eigenvalue weighted by Gasteiger charge is 2.38. The van der Waals surface area contributed by atoms with Crippen molar-refractivity contribution in [1.82, 2.24) is 4.57 Å². The molecule has 0 aliphatic carbocycles. The molecule has 37 heavy (non-hydrogen) atoms. The minimum atomic E-state index is -3.85. The van der Waals surface area contributed by atoms with Gasteiger partial charge in [-0.05, 0) is 35.9 Å². The molecule has 2 aromatic carbocycles. The predicted octanol–water partition coefficient (Wildman–Crippen LogP) is 4.21. The van der Waals surface area contributed by atoms with Crippen LogP contribution in [0.25, 0.3) is 0 Å². The molecule has 1 aliphatic rings. The zero-order valence-electron chi connectivity index (χ0n) is 20.8. The molecule has 1 aromatic heterocycles. The quantitative estimate of drug-likeness (QED) is 0.301. The van der Waals surface area contributed by atoms with Crippen molar-refractivity contribution in [3.05, 3.63) is 63.8 Å². The molecule has 0 saturated heterocycles. The maximum Gasteiger partial charge on any atom is 0.348 e. The molecule has 12 heteroatoms. The van der Waals surface area contributed by atoms with E-state index in [1.54, 1.807) is 16.7 Å². The summed E-state index contributed by atoms with van der Waals surface area (Å²) in [4.78, 5) is 11.1. The lowest BCUT2D eigenvalue weighted by Gasteiger charge is -2.24. The molecular weight excluding hydrogens is 563 g/mol. The van der Waals surface area contributed by atoms with Gasteiger partial charge in [0, 0.05) is 17.0 Å². The number of benzene rings is 2. The van der Waals surface area contributed by atoms with Crippen molar-refractivity contribution in [3.8, 4) is 17.4 Å². The zero-order valence-corrected chi connectivity index (χ0v) is 23.3. The van der Waals surface area contributed by atoms with E-state index in [0.717, 1.165) is 10.0 Å². The number of carbonyl (C=O) groups excluding carboxylic acids is 1. The van der Waals surface area contributed by atoms with E-state index in [9.17, 15) is 19.6 Å². The molecular formula is C25H28BrN4O6P. The van der Waals surface area contributed by atoms with Crippen LogP contribution < -0.4 is 21.1 Å². The Morgan fingerprint density at radius 3 is 2.57 bits per heavy atom. The van der Waals surface area contributed by atoms with E-state index in [1.165, 1.54) is 13.2 Å². The van der Waals surface area contributed by atoms with Crippen molar-refractivity contribution < 1.29 is 28.8 Å². The molecule has 1 atom stereocenters. The van der Waals surface area contributed by atoms with E-state index >= 15 is 0 Å². The Balaban J connectivity index is 1.83. The van der Waals surface area contributed by atoms with Crippen molar-refractivity contribution in [2.45, 2.75) is 32.7 Å². The van der Waals surface area contributed by atoms with Crippen LogP contribution in [0, 0.1) is 0 Å². The maximum atomic E-state index is 13.8. The number of nitrogens with two attached hydrogens (primary N) is 1. The van der Waals surface area contributed by atoms with Gasteiger partial charge < -0.3 is 35.1 Å². The monoisotopic (exact) mass is 590 g/mol. The van der Waals surface area contributed by atoms with Gasteiger partial charge in [-0.15, -0.1) is 0 Å². The number of anilines is 1. The first kappa shape index (κ1) is 26.8. The second-order valence-corrected chi connectivity index (χ2v) is 12.6. The third-order valence-corrected chi connectivity index (χ3v) is 8.20. The Morgan fingerprint density at radius 1 is 1.22 bits per heavy atom. The first-order valence-electron chi connectivity index (χ1n) is 11.3. The van der Waals surface area contributed by atoms with Crippen molar-refractivity contribution in [2.75, 3.05) is 19.0 Å². The van der Waals surface area contributed by atoms with Crippen LogP contribution in [0.4, 0.5) is 5.69 Å². The summed E-state index contributed by atoms with van der Waals surface area (Å²) < 4.78 is 31.2. The number of amidine groups is 1. The van der Waals surface area contributed by atoms with E-state index in [0.29, 0.717) is 11.4 Å². The lowest BCUT2D eigenvalue weighted by Crippen LogP contribution is -2.26. The average Bonchev–Trinajstić information content (AvgIpc) is 3.07. The van der Waals surface area contributed by atoms with Crippen LogP contribution in [0.5, 0.6) is 17.4 Å². The summed E-state index contributed by atoms with van der Waals surface area (Å²) in [7, 11) is -2.59. The number of carbonyl (C=O) groups is 1. The van der Waals surface area contributed by atoms with Crippen LogP contribution in [0.15, 0.2) is 51.7 Å². The summed E-state index contributed by atoms with van der Waals surface area (Å²) in [5, 5.41) is 26.0. The number of ether oxygens (including phenoxy) is 1. The Bertz CT molecular complexity index is 1460. The normalized spacial score (nSPS) is 17.1. The molecule has 0 saturated carbocycles. The van der Waals surface area contributed by atoms with Gasteiger partial charge >= 0.3 is 7.52 Å². The van der Waals surface area contributed by atoms with Gasteiger partial charge in [0.05, 0.1) is 23.2 Å². The first-order chi connectivity index (χ1) is 17.3. The third-order valence-electron chi connectivity index (χ3n) is 5.77. The molecule has 196 valence electrons. The Hall–Kier alpha value is -3.27. The fourth-order valence-corrected chi connectivity index (χ4v) is 6.20. The highest BCUT2D eigenvalue weighted by atomic mass is 79.9. The second-order valence-electron chi connectivity index (χ2n) is 9.57. The third kappa shape index (κ3) is 5.25. The van der Waals surface area contributed by atoms with Crippen molar-refractivity contribution >= 4 is 46.2 Å². The number of hydrogen-bond donors (Lipinski definition) is 4. The Kier molecular flexibility index (Phi) is 7.16. The second kappa shape index (κ2) is 9.89. The number of amides is 1. The largest absolute Gasteiger partial charge is 0.505 e. The van der Waals surface area contributed by atoms with Gasteiger partial charge in [0.1, 0.15) is 11.3 Å². The molecule has 1 amide bonds. The molecule has 3 aromatic rings. The van der Waals surface area contributed by atoms with E-state index in [-0.39, 0.29) is 47.2 Å². The highest BCUT2D eigenvalue weighted by molar-refractivity contribution is 9.10. The number of nitrogens with one attached hydrogen (secondary N) is 1. The van der Waals surface area contributed by atoms with Gasteiger partial charge in [-0.25, -0.2) is 0 Å². The summed E-state index contributed by atoms with van der Waals surface area (Å²) >= 11 is 3.46. The summed E-state index contributed by atoms with van der Waals surface area (Å²) in [6.45, 7) is 5.68. The number of fused-ring (bicyclic) bond motifs is 1. The standard InChI is InChI=1S/C25H28BrN4O6P/c1-25(2,3)22-21(32)20(24(33)30(22)12-14-6-5-7-15(26)10-14)23-28-17-9-8-16(36-13-19(27)31)11-18(17)37(34,29-23)35-4/h5-11,32-33H,12-13H2,1-4H3,(H2,27,31)(H,28,29,34). The molecule has 0 spiro atoms. The van der Waals surface area contributed by atoms with Crippen LogP contribution in [0.2, 0.25) is 0 Å². The fraction of sp³-hybridized carbons (Fsp3) is 0.280. The summed E-state index contributed by atoms with van der Waals surface area (Å²) in [5.41, 5.74) is 6.36. The SMILES string of the molecule is COP1(=O)N=C(c2c(O)c(C(C)(C)C)n(Cc3cccc(Br)c3)c2O)Nc2ccc(OCC(N)=O)cc21. The Labute approximate surface area is 222 Å². The van der Waals surface area contributed by atoms with Gasteiger partial charge in [0.2, 0.25) is 5.88 Å². The van der Waals surface area contributed by atoms with Gasteiger partial charge in [0.15, 0.2) is 18.2 Å². The molecule has 1 unspecified atom stereocenters. The molecule has 10 nitrogen and oxygen atoms in total. The van der Waals surface area contributed by atoms with E-state index in [1.807, 2.05) is 45.0 Å². The van der Waals surface area contributed by atoms with Gasteiger partial charge in [-0.1, -0.05) is 48.8 Å². The van der Waals surface area contributed by atoms with Crippen LogP contribution >= 0.6 is 23.4 Å². The molecule has 0 bridgehead atoms. The lowest BCUT2D eigenvalue weighted by atomic mass is 9.91. The minimum absolute atomic E-state index is 0.00280. The topological polar surface area (TPSA) is 148 Å². The van der Waals surface area contributed by atoms with Crippen molar-refractivity contribution in [3.63, 3.8) is 0 Å². The number of primary amides is 1. The van der Waals surface area contributed by atoms with Crippen LogP contribution in [-0.2, 0) is 25.8 Å². The lowest BCUT2D eigenvalue weighted by molar-refractivity contribution is -0.119. The number of rotatable bonds is 7. The van der Waals surface area contributed by atoms with Crippen molar-refractivity contribution in [1.29, 1.82) is 0 Å². The molecule has 4 rings (SSSR count). The number of aromatic nitrogens is 1. The van der Waals surface area contributed by atoms with Crippen LogP contribution in [-0.4, -0.2) is 40.2 Å². The molecule has 1 aliphatic heterocycles. The molecule has 5 N–H and O–H groups in total. The molecule has 0 radical (unpaired) electrons. The molecule has 0 fully saturated rings. The van der Waals surface area contributed by atoms with Crippen LogP contribution in [0.3, 0.4) is 0 Å². The maximum absolute atomic E-state index is 13.8. The van der Waals surface area contributed by atoms with Gasteiger partial charge in [0.25, 0.3) is 5.91 Å². The van der Waals surface area contributed by atoms with E-state index in [4.69, 9.17) is 15.0 Å². The first-order valence-corrected chi connectivity index (χ1v) is 13.7. The molecule has 2 heterocycles. The summed E-state index contributed by atoms with van der Waals surface area (Å²) in [5.74, 6) is -0.813. The number of nitrogens with zero attached hydrogens (tertiary/aromatic N) is 2. The number of hydrogen-bond acceptors (Lipinski definition) is 7. The van der Waals surface area contributed by atoms with Crippen LogP contribution in [0.1, 0.15) is 37.6 Å².